The van der Waals surface area contributed by atoms with E-state index in [0.29, 0.717) is 6.04 Å². The van der Waals surface area contributed by atoms with E-state index in [4.69, 9.17) is 0 Å². The van der Waals surface area contributed by atoms with E-state index >= 15 is 0 Å². The topological polar surface area (TPSA) is 46.0 Å². The molecule has 1 aromatic heterocycles. The first-order valence-corrected chi connectivity index (χ1v) is 7.08. The predicted molar refractivity (Wildman–Crippen MR) is 72.3 cm³/mol. The average Bonchev–Trinajstić information content (AvgIpc) is 2.80. The molecule has 0 saturated carbocycles. The number of aromatic nitrogens is 3. The van der Waals surface area contributed by atoms with Crippen LogP contribution in [0.1, 0.15) is 38.9 Å². The summed E-state index contributed by atoms with van der Waals surface area (Å²) in [6, 6.07) is 0.610. The Hall–Kier alpha value is -0.940. The van der Waals surface area contributed by atoms with Crippen LogP contribution in [-0.2, 0) is 13.1 Å². The second-order valence-corrected chi connectivity index (χ2v) is 5.39. The van der Waals surface area contributed by atoms with Crippen molar-refractivity contribution in [3.8, 4) is 0 Å². The van der Waals surface area contributed by atoms with Gasteiger partial charge < -0.3 is 9.88 Å². The van der Waals surface area contributed by atoms with E-state index in [1.807, 2.05) is 6.33 Å². The summed E-state index contributed by atoms with van der Waals surface area (Å²) < 4.78 is 2.16. The average molecular weight is 251 g/mol. The Morgan fingerprint density at radius 1 is 1.28 bits per heavy atom. The van der Waals surface area contributed by atoms with Gasteiger partial charge in [0.25, 0.3) is 0 Å². The fourth-order valence-electron chi connectivity index (χ4n) is 2.34. The molecule has 2 rings (SSSR count). The highest BCUT2D eigenvalue weighted by Gasteiger charge is 2.16. The third-order valence-electron chi connectivity index (χ3n) is 3.42. The van der Waals surface area contributed by atoms with Gasteiger partial charge in [-0.3, -0.25) is 4.90 Å². The van der Waals surface area contributed by atoms with E-state index in [1.165, 1.54) is 25.8 Å². The zero-order valence-electron chi connectivity index (χ0n) is 11.6. The Morgan fingerprint density at radius 2 is 2.17 bits per heavy atom. The summed E-state index contributed by atoms with van der Waals surface area (Å²) in [6.07, 6.45) is 5.71. The molecule has 2 heterocycles. The van der Waals surface area contributed by atoms with E-state index in [0.717, 1.165) is 32.0 Å². The van der Waals surface area contributed by atoms with E-state index in [2.05, 4.69) is 38.8 Å². The molecule has 0 atom stereocenters. The van der Waals surface area contributed by atoms with Crippen LogP contribution in [0.5, 0.6) is 0 Å². The van der Waals surface area contributed by atoms with Crippen molar-refractivity contribution in [2.45, 2.75) is 52.2 Å². The molecule has 5 heteroatoms. The maximum atomic E-state index is 4.15. The highest BCUT2D eigenvalue weighted by Crippen LogP contribution is 2.10. The maximum absolute atomic E-state index is 4.15. The molecule has 0 fully saturated rings. The molecule has 0 saturated heterocycles. The summed E-state index contributed by atoms with van der Waals surface area (Å²) in [5, 5.41) is 11.6. The fraction of sp³-hybridized carbons (Fsp3) is 0.846. The van der Waals surface area contributed by atoms with Crippen LogP contribution >= 0.6 is 0 Å². The maximum Gasteiger partial charge on any atom is 0.147 e. The minimum atomic E-state index is 0.610. The second-order valence-electron chi connectivity index (χ2n) is 5.39. The standard InChI is InChI=1S/C13H25N5/c1-12(2)14-6-4-3-5-7-17-8-9-18-11-15-16-13(18)10-17/h11-12,14H,3-10H2,1-2H3. The monoisotopic (exact) mass is 251 g/mol. The first kappa shape index (κ1) is 13.5. The second kappa shape index (κ2) is 6.85. The van der Waals surface area contributed by atoms with Crippen LogP contribution in [0.2, 0.25) is 0 Å². The zero-order valence-corrected chi connectivity index (χ0v) is 11.6. The van der Waals surface area contributed by atoms with Gasteiger partial charge in [-0.25, -0.2) is 0 Å². The van der Waals surface area contributed by atoms with Gasteiger partial charge in [-0.1, -0.05) is 20.3 Å². The molecule has 1 N–H and O–H groups in total. The first-order chi connectivity index (χ1) is 8.75. The molecule has 5 nitrogen and oxygen atoms in total. The van der Waals surface area contributed by atoms with Crippen LogP contribution in [0.25, 0.3) is 0 Å². The smallest absolute Gasteiger partial charge is 0.147 e. The third kappa shape index (κ3) is 4.07. The van der Waals surface area contributed by atoms with Crippen molar-refractivity contribution in [2.75, 3.05) is 19.6 Å². The molecule has 18 heavy (non-hydrogen) atoms. The van der Waals surface area contributed by atoms with Crippen molar-refractivity contribution >= 4 is 0 Å². The lowest BCUT2D eigenvalue weighted by atomic mass is 10.2. The lowest BCUT2D eigenvalue weighted by Gasteiger charge is -2.26. The molecule has 0 radical (unpaired) electrons. The van der Waals surface area contributed by atoms with Crippen LogP contribution in [0.3, 0.4) is 0 Å². The highest BCUT2D eigenvalue weighted by atomic mass is 15.3. The van der Waals surface area contributed by atoms with E-state index in [1.54, 1.807) is 0 Å². The molecule has 0 unspecified atom stereocenters. The number of rotatable bonds is 7. The van der Waals surface area contributed by atoms with Gasteiger partial charge in [0.15, 0.2) is 0 Å². The Bertz CT molecular complexity index is 347. The molecule has 1 aromatic rings. The zero-order chi connectivity index (χ0) is 12.8. The Balaban J connectivity index is 1.56. The largest absolute Gasteiger partial charge is 0.315 e. The highest BCUT2D eigenvalue weighted by molar-refractivity contribution is 4.89. The van der Waals surface area contributed by atoms with Gasteiger partial charge in [0, 0.05) is 19.1 Å². The lowest BCUT2D eigenvalue weighted by molar-refractivity contribution is 0.212. The molecular formula is C13H25N5. The van der Waals surface area contributed by atoms with Crippen LogP contribution in [0.15, 0.2) is 6.33 Å². The van der Waals surface area contributed by atoms with Gasteiger partial charge in [-0.15, -0.1) is 10.2 Å². The number of nitrogens with one attached hydrogen (secondary N) is 1. The van der Waals surface area contributed by atoms with Gasteiger partial charge in [-0.05, 0) is 25.9 Å². The molecule has 0 amide bonds. The van der Waals surface area contributed by atoms with Gasteiger partial charge in [-0.2, -0.15) is 0 Å². The normalized spacial score (nSPS) is 16.2. The van der Waals surface area contributed by atoms with Gasteiger partial charge in [0.1, 0.15) is 12.2 Å². The number of nitrogens with zero attached hydrogens (tertiary/aromatic N) is 4. The number of fused-ring (bicyclic) bond motifs is 1. The third-order valence-corrected chi connectivity index (χ3v) is 3.42. The van der Waals surface area contributed by atoms with Gasteiger partial charge >= 0.3 is 0 Å². The number of hydrogen-bond donors (Lipinski definition) is 1. The number of hydrogen-bond acceptors (Lipinski definition) is 4. The van der Waals surface area contributed by atoms with Gasteiger partial charge in [0.2, 0.25) is 0 Å². The summed E-state index contributed by atoms with van der Waals surface area (Å²) in [6.45, 7) is 9.87. The van der Waals surface area contributed by atoms with E-state index in [9.17, 15) is 0 Å². The molecular weight excluding hydrogens is 226 g/mol. The summed E-state index contributed by atoms with van der Waals surface area (Å²) in [4.78, 5) is 2.49. The summed E-state index contributed by atoms with van der Waals surface area (Å²) >= 11 is 0. The summed E-state index contributed by atoms with van der Waals surface area (Å²) in [7, 11) is 0. The van der Waals surface area contributed by atoms with Crippen LogP contribution < -0.4 is 5.32 Å². The van der Waals surface area contributed by atoms with Crippen LogP contribution in [-0.4, -0.2) is 45.3 Å². The SMILES string of the molecule is CC(C)NCCCCCN1CCn2cnnc2C1. The van der Waals surface area contributed by atoms with Crippen molar-refractivity contribution < 1.29 is 0 Å². The van der Waals surface area contributed by atoms with E-state index < -0.39 is 0 Å². The van der Waals surface area contributed by atoms with Gasteiger partial charge in [0.05, 0.1) is 6.54 Å². The van der Waals surface area contributed by atoms with Crippen molar-refractivity contribution in [3.63, 3.8) is 0 Å². The lowest BCUT2D eigenvalue weighted by Crippen LogP contribution is -2.34. The Morgan fingerprint density at radius 3 is 3.00 bits per heavy atom. The van der Waals surface area contributed by atoms with Crippen molar-refractivity contribution in [2.24, 2.45) is 0 Å². The van der Waals surface area contributed by atoms with E-state index in [-0.39, 0.29) is 0 Å². The number of unbranched alkanes of at least 4 members (excludes halogenated alkanes) is 2. The molecule has 0 aromatic carbocycles. The molecule has 0 spiro atoms. The minimum absolute atomic E-state index is 0.610. The minimum Gasteiger partial charge on any atom is -0.315 e. The summed E-state index contributed by atoms with van der Waals surface area (Å²) in [5.41, 5.74) is 0. The molecule has 1 aliphatic heterocycles. The van der Waals surface area contributed by atoms with Crippen LogP contribution in [0, 0.1) is 0 Å². The Labute approximate surface area is 110 Å². The predicted octanol–water partition coefficient (Wildman–Crippen LogP) is 1.26. The first-order valence-electron chi connectivity index (χ1n) is 7.08. The molecule has 0 aliphatic carbocycles. The van der Waals surface area contributed by atoms with Crippen molar-refractivity contribution in [3.05, 3.63) is 12.2 Å². The molecule has 1 aliphatic rings. The summed E-state index contributed by atoms with van der Waals surface area (Å²) in [5.74, 6) is 1.11. The van der Waals surface area contributed by atoms with Crippen molar-refractivity contribution in [1.82, 2.24) is 25.0 Å². The Kier molecular flexibility index (Phi) is 5.13. The fourth-order valence-corrected chi connectivity index (χ4v) is 2.34. The quantitative estimate of drug-likeness (QED) is 0.741. The molecule has 0 bridgehead atoms. The van der Waals surface area contributed by atoms with Crippen molar-refractivity contribution in [1.29, 1.82) is 0 Å². The van der Waals surface area contributed by atoms with Crippen LogP contribution in [0.4, 0.5) is 0 Å². The molecule has 102 valence electrons.